The summed E-state index contributed by atoms with van der Waals surface area (Å²) in [6.45, 7) is 3.87. The third-order valence-corrected chi connectivity index (χ3v) is 4.53. The Bertz CT molecular complexity index is 851. The second kappa shape index (κ2) is 6.76. The number of benzene rings is 2. The van der Waals surface area contributed by atoms with Crippen molar-refractivity contribution in [1.29, 1.82) is 0 Å². The van der Waals surface area contributed by atoms with Crippen molar-refractivity contribution in [2.75, 3.05) is 17.3 Å². The summed E-state index contributed by atoms with van der Waals surface area (Å²) in [6, 6.07) is 10.2. The SMILES string of the molecule is COc1ccc(N[C@H]2CC(=O)N(c3ccc(C)cc3C)C2=O)cc1Cl. The number of amides is 2. The smallest absolute Gasteiger partial charge is 0.256 e. The molecular weight excluding hydrogens is 340 g/mol. The van der Waals surface area contributed by atoms with Gasteiger partial charge >= 0.3 is 0 Å². The minimum atomic E-state index is -0.613. The molecule has 2 aromatic rings. The first-order chi connectivity index (χ1) is 11.9. The molecule has 0 aromatic heterocycles. The largest absolute Gasteiger partial charge is 0.495 e. The highest BCUT2D eigenvalue weighted by molar-refractivity contribution is 6.32. The van der Waals surface area contributed by atoms with E-state index in [2.05, 4.69) is 5.32 Å². The Balaban J connectivity index is 1.82. The average Bonchev–Trinajstić information content (AvgIpc) is 2.82. The van der Waals surface area contributed by atoms with Gasteiger partial charge in [-0.05, 0) is 43.7 Å². The fourth-order valence-corrected chi connectivity index (χ4v) is 3.27. The van der Waals surface area contributed by atoms with E-state index < -0.39 is 6.04 Å². The number of methoxy groups -OCH3 is 1. The highest BCUT2D eigenvalue weighted by Crippen LogP contribution is 2.31. The first-order valence-corrected chi connectivity index (χ1v) is 8.32. The van der Waals surface area contributed by atoms with Crippen LogP contribution >= 0.6 is 11.6 Å². The van der Waals surface area contributed by atoms with E-state index in [4.69, 9.17) is 16.3 Å². The van der Waals surface area contributed by atoms with Gasteiger partial charge in [0.05, 0.1) is 24.2 Å². The van der Waals surface area contributed by atoms with E-state index in [1.165, 1.54) is 12.0 Å². The minimum Gasteiger partial charge on any atom is -0.495 e. The van der Waals surface area contributed by atoms with Crippen LogP contribution in [0, 0.1) is 13.8 Å². The number of halogens is 1. The maximum Gasteiger partial charge on any atom is 0.256 e. The van der Waals surface area contributed by atoms with Gasteiger partial charge in [-0.25, -0.2) is 4.90 Å². The number of ether oxygens (including phenoxy) is 1. The number of hydrogen-bond donors (Lipinski definition) is 1. The van der Waals surface area contributed by atoms with Crippen LogP contribution in [0.3, 0.4) is 0 Å². The van der Waals surface area contributed by atoms with Gasteiger partial charge in [-0.1, -0.05) is 29.3 Å². The summed E-state index contributed by atoms with van der Waals surface area (Å²) in [5.41, 5.74) is 3.29. The van der Waals surface area contributed by atoms with Crippen LogP contribution in [0.1, 0.15) is 17.5 Å². The van der Waals surface area contributed by atoms with Crippen molar-refractivity contribution in [2.45, 2.75) is 26.3 Å². The van der Waals surface area contributed by atoms with Crippen LogP contribution in [-0.4, -0.2) is 25.0 Å². The summed E-state index contributed by atoms with van der Waals surface area (Å²) in [5.74, 6) is 0.0795. The molecule has 1 heterocycles. The Kier molecular flexibility index (Phi) is 4.68. The number of carbonyl (C=O) groups excluding carboxylic acids is 2. The van der Waals surface area contributed by atoms with Gasteiger partial charge in [-0.3, -0.25) is 9.59 Å². The van der Waals surface area contributed by atoms with Crippen LogP contribution in [0.5, 0.6) is 5.75 Å². The van der Waals surface area contributed by atoms with Crippen molar-refractivity contribution in [3.05, 3.63) is 52.5 Å². The van der Waals surface area contributed by atoms with E-state index in [0.29, 0.717) is 22.1 Å². The topological polar surface area (TPSA) is 58.6 Å². The molecule has 2 amide bonds. The number of nitrogens with zero attached hydrogens (tertiary/aromatic N) is 1. The highest BCUT2D eigenvalue weighted by atomic mass is 35.5. The molecule has 130 valence electrons. The molecule has 0 saturated carbocycles. The lowest BCUT2D eigenvalue weighted by molar-refractivity contribution is -0.121. The monoisotopic (exact) mass is 358 g/mol. The zero-order valence-corrected chi connectivity index (χ0v) is 15.1. The summed E-state index contributed by atoms with van der Waals surface area (Å²) >= 11 is 6.11. The maximum absolute atomic E-state index is 12.8. The summed E-state index contributed by atoms with van der Waals surface area (Å²) in [7, 11) is 1.54. The molecule has 5 nitrogen and oxygen atoms in total. The van der Waals surface area contributed by atoms with Gasteiger partial charge in [-0.2, -0.15) is 0 Å². The van der Waals surface area contributed by atoms with E-state index in [9.17, 15) is 9.59 Å². The Morgan fingerprint density at radius 3 is 2.56 bits per heavy atom. The van der Waals surface area contributed by atoms with E-state index in [-0.39, 0.29) is 18.2 Å². The highest BCUT2D eigenvalue weighted by Gasteiger charge is 2.40. The lowest BCUT2D eigenvalue weighted by atomic mass is 10.1. The van der Waals surface area contributed by atoms with E-state index in [0.717, 1.165) is 11.1 Å². The quantitative estimate of drug-likeness (QED) is 0.846. The molecule has 1 atom stereocenters. The lowest BCUT2D eigenvalue weighted by Crippen LogP contribution is -2.35. The standard InChI is InChI=1S/C19H19ClN2O3/c1-11-4-6-16(12(2)8-11)22-18(23)10-15(19(22)24)21-13-5-7-17(25-3)14(20)9-13/h4-9,15,21H,10H2,1-3H3/t15-/m0/s1. The zero-order chi connectivity index (χ0) is 18.1. The van der Waals surface area contributed by atoms with Crippen molar-refractivity contribution in [3.63, 3.8) is 0 Å². The van der Waals surface area contributed by atoms with E-state index >= 15 is 0 Å². The molecule has 0 radical (unpaired) electrons. The first-order valence-electron chi connectivity index (χ1n) is 7.95. The molecule has 1 saturated heterocycles. The van der Waals surface area contributed by atoms with Gasteiger partial charge in [-0.15, -0.1) is 0 Å². The van der Waals surface area contributed by atoms with Crippen molar-refractivity contribution < 1.29 is 14.3 Å². The molecule has 1 aliphatic rings. The Labute approximate surface area is 151 Å². The molecule has 0 unspecified atom stereocenters. The molecule has 6 heteroatoms. The molecule has 1 fully saturated rings. The molecule has 0 aliphatic carbocycles. The van der Waals surface area contributed by atoms with Crippen molar-refractivity contribution in [1.82, 2.24) is 0 Å². The summed E-state index contributed by atoms with van der Waals surface area (Å²) in [5, 5.41) is 3.53. The summed E-state index contributed by atoms with van der Waals surface area (Å²) < 4.78 is 5.12. The van der Waals surface area contributed by atoms with Crippen LogP contribution in [0.4, 0.5) is 11.4 Å². The van der Waals surface area contributed by atoms with Crippen molar-refractivity contribution >= 4 is 34.8 Å². The molecule has 1 N–H and O–H groups in total. The predicted molar refractivity (Wildman–Crippen MR) is 98.4 cm³/mol. The number of nitrogens with one attached hydrogen (secondary N) is 1. The first kappa shape index (κ1) is 17.3. The molecule has 1 aliphatic heterocycles. The van der Waals surface area contributed by atoms with Gasteiger partial charge in [0, 0.05) is 5.69 Å². The fourth-order valence-electron chi connectivity index (χ4n) is 3.01. The summed E-state index contributed by atoms with van der Waals surface area (Å²) in [6.07, 6.45) is 0.107. The van der Waals surface area contributed by atoms with Crippen LogP contribution in [0.2, 0.25) is 5.02 Å². The van der Waals surface area contributed by atoms with Crippen molar-refractivity contribution in [2.24, 2.45) is 0 Å². The van der Waals surface area contributed by atoms with E-state index in [1.54, 1.807) is 18.2 Å². The van der Waals surface area contributed by atoms with Crippen LogP contribution < -0.4 is 15.0 Å². The molecular formula is C19H19ClN2O3. The van der Waals surface area contributed by atoms with Gasteiger partial charge in [0.25, 0.3) is 5.91 Å². The molecule has 0 bridgehead atoms. The normalized spacial score (nSPS) is 17.1. The van der Waals surface area contributed by atoms with Gasteiger partial charge < -0.3 is 10.1 Å². The summed E-state index contributed by atoms with van der Waals surface area (Å²) in [4.78, 5) is 26.4. The minimum absolute atomic E-state index is 0.107. The van der Waals surface area contributed by atoms with Gasteiger partial charge in [0.1, 0.15) is 11.8 Å². The number of rotatable bonds is 4. The third kappa shape index (κ3) is 3.33. The Morgan fingerprint density at radius 2 is 1.92 bits per heavy atom. The number of imide groups is 1. The second-order valence-corrected chi connectivity index (χ2v) is 6.51. The third-order valence-electron chi connectivity index (χ3n) is 4.23. The van der Waals surface area contributed by atoms with Crippen molar-refractivity contribution in [3.8, 4) is 5.75 Å². The van der Waals surface area contributed by atoms with Crippen LogP contribution in [0.15, 0.2) is 36.4 Å². The number of hydrogen-bond acceptors (Lipinski definition) is 4. The zero-order valence-electron chi connectivity index (χ0n) is 14.3. The second-order valence-electron chi connectivity index (χ2n) is 6.11. The fraction of sp³-hybridized carbons (Fsp3) is 0.263. The van der Waals surface area contributed by atoms with Gasteiger partial charge in [0.15, 0.2) is 0 Å². The average molecular weight is 359 g/mol. The van der Waals surface area contributed by atoms with Crippen LogP contribution in [0.25, 0.3) is 0 Å². The number of anilines is 2. The predicted octanol–water partition coefficient (Wildman–Crippen LogP) is 3.71. The number of aryl methyl sites for hydroxylation is 2. The molecule has 0 spiro atoms. The van der Waals surface area contributed by atoms with Gasteiger partial charge in [0.2, 0.25) is 5.91 Å². The van der Waals surface area contributed by atoms with Crippen LogP contribution in [-0.2, 0) is 9.59 Å². The van der Waals surface area contributed by atoms with E-state index in [1.807, 2.05) is 32.0 Å². The lowest BCUT2D eigenvalue weighted by Gasteiger charge is -2.18. The molecule has 25 heavy (non-hydrogen) atoms. The Morgan fingerprint density at radius 1 is 1.16 bits per heavy atom. The maximum atomic E-state index is 12.8. The molecule has 3 rings (SSSR count). The Hall–Kier alpha value is -2.53. The number of carbonyl (C=O) groups is 2. The molecule has 2 aromatic carbocycles.